The molecule has 0 saturated carbocycles. The quantitative estimate of drug-likeness (QED) is 0.840. The SMILES string of the molecule is CC(C)CN1CCC(NCC2CC3CCC(C2)N3C)CC1. The topological polar surface area (TPSA) is 18.5 Å². The Hall–Kier alpha value is -0.120. The Bertz CT molecular complexity index is 308. The van der Waals surface area contributed by atoms with E-state index in [1.54, 1.807) is 0 Å². The molecule has 1 N–H and O–H groups in total. The molecule has 3 nitrogen and oxygen atoms in total. The van der Waals surface area contributed by atoms with E-state index < -0.39 is 0 Å². The molecule has 2 unspecified atom stereocenters. The fourth-order valence-electron chi connectivity index (χ4n) is 4.86. The molecule has 3 heteroatoms. The van der Waals surface area contributed by atoms with Gasteiger partial charge in [0.1, 0.15) is 0 Å². The van der Waals surface area contributed by atoms with E-state index in [0.29, 0.717) is 0 Å². The van der Waals surface area contributed by atoms with Gasteiger partial charge in [-0.15, -0.1) is 0 Å². The van der Waals surface area contributed by atoms with Gasteiger partial charge >= 0.3 is 0 Å². The minimum absolute atomic E-state index is 0.783. The van der Waals surface area contributed by atoms with Crippen LogP contribution in [-0.2, 0) is 0 Å². The van der Waals surface area contributed by atoms with E-state index in [1.807, 2.05) is 0 Å². The van der Waals surface area contributed by atoms with Gasteiger partial charge in [0, 0.05) is 24.7 Å². The van der Waals surface area contributed by atoms with Crippen LogP contribution in [-0.4, -0.2) is 61.2 Å². The molecular weight excluding hydrogens is 258 g/mol. The molecule has 0 aromatic heterocycles. The number of nitrogens with one attached hydrogen (secondary N) is 1. The maximum Gasteiger partial charge on any atom is 0.00988 e. The largest absolute Gasteiger partial charge is 0.314 e. The fourth-order valence-corrected chi connectivity index (χ4v) is 4.86. The number of piperidine rings is 2. The molecule has 0 spiro atoms. The van der Waals surface area contributed by atoms with Gasteiger partial charge < -0.3 is 15.1 Å². The smallest absolute Gasteiger partial charge is 0.00988 e. The van der Waals surface area contributed by atoms with Crippen molar-refractivity contribution in [3.05, 3.63) is 0 Å². The second-order valence-electron chi connectivity index (χ2n) is 8.26. The summed E-state index contributed by atoms with van der Waals surface area (Å²) >= 11 is 0. The van der Waals surface area contributed by atoms with E-state index in [4.69, 9.17) is 0 Å². The highest BCUT2D eigenvalue weighted by atomic mass is 15.2. The van der Waals surface area contributed by atoms with Crippen LogP contribution >= 0.6 is 0 Å². The zero-order valence-corrected chi connectivity index (χ0v) is 14.4. The van der Waals surface area contributed by atoms with Gasteiger partial charge in [-0.2, -0.15) is 0 Å². The first-order valence-corrected chi connectivity index (χ1v) is 9.29. The van der Waals surface area contributed by atoms with Crippen LogP contribution in [0.25, 0.3) is 0 Å². The molecule has 2 atom stereocenters. The average molecular weight is 293 g/mol. The lowest BCUT2D eigenvalue weighted by Gasteiger charge is -2.38. The van der Waals surface area contributed by atoms with Crippen molar-refractivity contribution in [1.82, 2.24) is 15.1 Å². The zero-order valence-electron chi connectivity index (χ0n) is 14.4. The molecule has 122 valence electrons. The first-order valence-electron chi connectivity index (χ1n) is 9.29. The number of hydrogen-bond donors (Lipinski definition) is 1. The second-order valence-corrected chi connectivity index (χ2v) is 8.26. The fraction of sp³-hybridized carbons (Fsp3) is 1.00. The molecule has 3 heterocycles. The van der Waals surface area contributed by atoms with Crippen molar-refractivity contribution in [2.45, 2.75) is 70.5 Å². The van der Waals surface area contributed by atoms with Crippen LogP contribution in [0, 0.1) is 11.8 Å². The van der Waals surface area contributed by atoms with Crippen molar-refractivity contribution in [3.8, 4) is 0 Å². The molecule has 3 aliphatic rings. The van der Waals surface area contributed by atoms with E-state index >= 15 is 0 Å². The van der Waals surface area contributed by atoms with Gasteiger partial charge in [0.2, 0.25) is 0 Å². The van der Waals surface area contributed by atoms with Crippen molar-refractivity contribution < 1.29 is 0 Å². The molecule has 0 aromatic carbocycles. The molecule has 3 fully saturated rings. The molecule has 3 rings (SSSR count). The lowest BCUT2D eigenvalue weighted by molar-refractivity contribution is 0.125. The van der Waals surface area contributed by atoms with Gasteiger partial charge in [-0.25, -0.2) is 0 Å². The summed E-state index contributed by atoms with van der Waals surface area (Å²) in [6.07, 6.45) is 8.48. The lowest BCUT2D eigenvalue weighted by atomic mass is 9.90. The summed E-state index contributed by atoms with van der Waals surface area (Å²) in [5.74, 6) is 1.75. The summed E-state index contributed by atoms with van der Waals surface area (Å²) in [6, 6.07) is 2.57. The van der Waals surface area contributed by atoms with Crippen molar-refractivity contribution in [3.63, 3.8) is 0 Å². The van der Waals surface area contributed by atoms with E-state index in [0.717, 1.165) is 30.0 Å². The van der Waals surface area contributed by atoms with E-state index in [-0.39, 0.29) is 0 Å². The Kier molecular flexibility index (Phi) is 5.23. The van der Waals surface area contributed by atoms with Crippen molar-refractivity contribution in [1.29, 1.82) is 0 Å². The maximum absolute atomic E-state index is 3.90. The molecule has 3 saturated heterocycles. The summed E-state index contributed by atoms with van der Waals surface area (Å²) in [7, 11) is 2.34. The Morgan fingerprint density at radius 1 is 1.00 bits per heavy atom. The van der Waals surface area contributed by atoms with Gasteiger partial charge in [0.15, 0.2) is 0 Å². The number of fused-ring (bicyclic) bond motifs is 2. The number of hydrogen-bond acceptors (Lipinski definition) is 3. The Balaban J connectivity index is 1.35. The summed E-state index contributed by atoms with van der Waals surface area (Å²) in [5, 5.41) is 3.90. The summed E-state index contributed by atoms with van der Waals surface area (Å²) < 4.78 is 0. The van der Waals surface area contributed by atoms with Crippen LogP contribution in [0.2, 0.25) is 0 Å². The predicted molar refractivity (Wildman–Crippen MR) is 89.6 cm³/mol. The van der Waals surface area contributed by atoms with Gasteiger partial charge in [0.25, 0.3) is 0 Å². The maximum atomic E-state index is 3.90. The van der Waals surface area contributed by atoms with Crippen LogP contribution in [0.1, 0.15) is 52.4 Å². The second kappa shape index (κ2) is 6.97. The lowest BCUT2D eigenvalue weighted by Crippen LogP contribution is -2.47. The highest BCUT2D eigenvalue weighted by molar-refractivity contribution is 4.94. The van der Waals surface area contributed by atoms with Gasteiger partial charge in [-0.3, -0.25) is 0 Å². The zero-order chi connectivity index (χ0) is 14.8. The molecule has 0 aromatic rings. The predicted octanol–water partition coefficient (Wildman–Crippen LogP) is 2.57. The number of likely N-dealkylation sites (tertiary alicyclic amines) is 1. The normalized spacial score (nSPS) is 35.7. The third-order valence-electron chi connectivity index (χ3n) is 6.10. The van der Waals surface area contributed by atoms with E-state index in [9.17, 15) is 0 Å². The molecule has 0 radical (unpaired) electrons. The summed E-state index contributed by atoms with van der Waals surface area (Å²) in [6.45, 7) is 9.82. The van der Waals surface area contributed by atoms with Crippen LogP contribution in [0.15, 0.2) is 0 Å². The molecular formula is C18H35N3. The van der Waals surface area contributed by atoms with Crippen LogP contribution in [0.5, 0.6) is 0 Å². The van der Waals surface area contributed by atoms with Crippen LogP contribution < -0.4 is 5.32 Å². The Morgan fingerprint density at radius 3 is 2.19 bits per heavy atom. The number of rotatable bonds is 5. The average Bonchev–Trinajstić information content (AvgIpc) is 2.68. The molecule has 3 aliphatic heterocycles. The van der Waals surface area contributed by atoms with E-state index in [1.165, 1.54) is 64.7 Å². The highest BCUT2D eigenvalue weighted by Crippen LogP contribution is 2.37. The first-order chi connectivity index (χ1) is 10.1. The number of nitrogens with zero attached hydrogens (tertiary/aromatic N) is 2. The third kappa shape index (κ3) is 4.00. The van der Waals surface area contributed by atoms with Crippen molar-refractivity contribution in [2.75, 3.05) is 33.2 Å². The minimum Gasteiger partial charge on any atom is -0.314 e. The Morgan fingerprint density at radius 2 is 1.62 bits per heavy atom. The summed E-state index contributed by atoms with van der Waals surface area (Å²) in [5.41, 5.74) is 0. The highest BCUT2D eigenvalue weighted by Gasteiger charge is 2.38. The molecule has 0 amide bonds. The van der Waals surface area contributed by atoms with E-state index in [2.05, 4.69) is 36.0 Å². The van der Waals surface area contributed by atoms with Gasteiger partial charge in [0.05, 0.1) is 0 Å². The van der Waals surface area contributed by atoms with Crippen LogP contribution in [0.3, 0.4) is 0 Å². The molecule has 21 heavy (non-hydrogen) atoms. The van der Waals surface area contributed by atoms with Gasteiger partial charge in [-0.1, -0.05) is 13.8 Å². The Labute approximate surface area is 131 Å². The monoisotopic (exact) mass is 293 g/mol. The minimum atomic E-state index is 0.783. The third-order valence-corrected chi connectivity index (χ3v) is 6.10. The summed E-state index contributed by atoms with van der Waals surface area (Å²) in [4.78, 5) is 5.31. The molecule has 2 bridgehead atoms. The van der Waals surface area contributed by atoms with Gasteiger partial charge in [-0.05, 0) is 77.0 Å². The van der Waals surface area contributed by atoms with Crippen molar-refractivity contribution >= 4 is 0 Å². The van der Waals surface area contributed by atoms with Crippen LogP contribution in [0.4, 0.5) is 0 Å². The van der Waals surface area contributed by atoms with Crippen molar-refractivity contribution in [2.24, 2.45) is 11.8 Å². The first kappa shape index (κ1) is 15.8. The standard InChI is InChI=1S/C18H35N3/c1-14(2)13-21-8-6-16(7-9-21)19-12-15-10-17-4-5-18(11-15)20(17)3/h14-19H,4-13H2,1-3H3. The molecule has 0 aliphatic carbocycles.